The summed E-state index contributed by atoms with van der Waals surface area (Å²) in [4.78, 5) is 8.25. The Bertz CT molecular complexity index is 505. The van der Waals surface area contributed by atoms with Crippen LogP contribution >= 0.6 is 11.3 Å². The van der Waals surface area contributed by atoms with Crippen LogP contribution in [0.2, 0.25) is 0 Å². The van der Waals surface area contributed by atoms with Crippen LogP contribution in [0.5, 0.6) is 0 Å². The molecule has 3 nitrogen and oxygen atoms in total. The minimum Gasteiger partial charge on any atom is -0.363 e. The summed E-state index contributed by atoms with van der Waals surface area (Å²) in [7, 11) is 0. The molecule has 108 valence electrons. The molecule has 0 amide bonds. The Morgan fingerprint density at radius 1 is 1.25 bits per heavy atom. The smallest absolute Gasteiger partial charge is 0.136 e. The first-order chi connectivity index (χ1) is 9.80. The van der Waals surface area contributed by atoms with Crippen LogP contribution in [0.4, 0.5) is 5.00 Å². The highest BCUT2D eigenvalue weighted by Crippen LogP contribution is 2.39. The minimum absolute atomic E-state index is 0.828. The van der Waals surface area contributed by atoms with Gasteiger partial charge in [0.05, 0.1) is 11.9 Å². The lowest BCUT2D eigenvalue weighted by Gasteiger charge is -2.17. The summed E-state index contributed by atoms with van der Waals surface area (Å²) < 4.78 is 0. The largest absolute Gasteiger partial charge is 0.363 e. The van der Waals surface area contributed by atoms with Gasteiger partial charge in [-0.3, -0.25) is 0 Å². The maximum Gasteiger partial charge on any atom is 0.136 e. The van der Waals surface area contributed by atoms with Crippen LogP contribution in [-0.4, -0.2) is 24.3 Å². The van der Waals surface area contributed by atoms with Crippen LogP contribution in [0.25, 0.3) is 0 Å². The molecule has 0 bridgehead atoms. The zero-order valence-corrected chi connectivity index (χ0v) is 13.3. The molecule has 0 radical (unpaired) electrons. The molecule has 0 aromatic carbocycles. The number of hydrogen-bond acceptors (Lipinski definition) is 3. The van der Waals surface area contributed by atoms with Crippen molar-refractivity contribution in [2.24, 2.45) is 4.99 Å². The molecule has 1 aromatic rings. The van der Waals surface area contributed by atoms with Gasteiger partial charge in [-0.15, -0.1) is 11.3 Å². The normalized spacial score (nSPS) is 14.2. The van der Waals surface area contributed by atoms with Gasteiger partial charge < -0.3 is 4.90 Å². The van der Waals surface area contributed by atoms with Crippen LogP contribution in [0.3, 0.4) is 0 Å². The van der Waals surface area contributed by atoms with Gasteiger partial charge in [0, 0.05) is 18.0 Å². The topological polar surface area (TPSA) is 39.4 Å². The van der Waals surface area contributed by atoms with Crippen LogP contribution in [0.15, 0.2) is 4.99 Å². The molecule has 2 rings (SSSR count). The summed E-state index contributed by atoms with van der Waals surface area (Å²) in [5.41, 5.74) is 2.10. The fourth-order valence-corrected chi connectivity index (χ4v) is 3.87. The summed E-state index contributed by atoms with van der Waals surface area (Å²) in [6, 6.07) is 2.37. The van der Waals surface area contributed by atoms with Crippen molar-refractivity contribution in [3.63, 3.8) is 0 Å². The van der Waals surface area contributed by atoms with Crippen molar-refractivity contribution in [2.45, 2.75) is 52.4 Å². The number of hydrogen-bond donors (Lipinski definition) is 0. The van der Waals surface area contributed by atoms with Gasteiger partial charge in [-0.1, -0.05) is 13.8 Å². The van der Waals surface area contributed by atoms with Gasteiger partial charge in [0.15, 0.2) is 0 Å². The number of aryl methyl sites for hydroxylation is 1. The first kappa shape index (κ1) is 15.1. The molecule has 0 atom stereocenters. The number of aliphatic imine (C=N–C) groups is 1. The van der Waals surface area contributed by atoms with E-state index >= 15 is 0 Å². The zero-order valence-electron chi connectivity index (χ0n) is 12.5. The fourth-order valence-electron chi connectivity index (χ4n) is 2.69. The van der Waals surface area contributed by atoms with Crippen molar-refractivity contribution < 1.29 is 0 Å². The Balaban J connectivity index is 2.20. The van der Waals surface area contributed by atoms with Crippen LogP contribution < -0.4 is 0 Å². The number of nitriles is 1. The van der Waals surface area contributed by atoms with E-state index < -0.39 is 0 Å². The predicted molar refractivity (Wildman–Crippen MR) is 86.0 cm³/mol. The van der Waals surface area contributed by atoms with E-state index in [1.165, 1.54) is 23.3 Å². The molecule has 4 heteroatoms. The Morgan fingerprint density at radius 3 is 2.60 bits per heavy atom. The first-order valence-electron chi connectivity index (χ1n) is 7.63. The van der Waals surface area contributed by atoms with Crippen molar-refractivity contribution in [3.8, 4) is 6.07 Å². The molecule has 0 unspecified atom stereocenters. The van der Waals surface area contributed by atoms with Gasteiger partial charge in [-0.25, -0.2) is 4.99 Å². The highest BCUT2D eigenvalue weighted by Gasteiger charge is 2.20. The molecule has 1 aliphatic rings. The van der Waals surface area contributed by atoms with Crippen LogP contribution in [0, 0.1) is 11.3 Å². The number of fused-ring (bicyclic) bond motifs is 1. The van der Waals surface area contributed by atoms with Crippen LogP contribution in [0.1, 0.15) is 55.5 Å². The highest BCUT2D eigenvalue weighted by molar-refractivity contribution is 7.16. The molecule has 1 aliphatic carbocycles. The first-order valence-corrected chi connectivity index (χ1v) is 8.44. The van der Waals surface area contributed by atoms with Crippen molar-refractivity contribution in [1.29, 1.82) is 5.26 Å². The summed E-state index contributed by atoms with van der Waals surface area (Å²) in [5, 5.41) is 10.3. The van der Waals surface area contributed by atoms with E-state index in [9.17, 15) is 5.26 Å². The fraction of sp³-hybridized carbons (Fsp3) is 0.625. The lowest BCUT2D eigenvalue weighted by atomic mass is 9.96. The maximum atomic E-state index is 9.40. The van der Waals surface area contributed by atoms with Gasteiger partial charge in [0.1, 0.15) is 11.1 Å². The van der Waals surface area contributed by atoms with E-state index in [-0.39, 0.29) is 0 Å². The molecule has 0 aliphatic heterocycles. The Hall–Kier alpha value is -1.34. The van der Waals surface area contributed by atoms with Gasteiger partial charge in [-0.05, 0) is 44.1 Å². The van der Waals surface area contributed by atoms with Crippen molar-refractivity contribution in [2.75, 3.05) is 13.1 Å². The average Bonchev–Trinajstić information content (AvgIpc) is 2.82. The van der Waals surface area contributed by atoms with E-state index in [1.54, 1.807) is 11.3 Å². The zero-order chi connectivity index (χ0) is 14.4. The van der Waals surface area contributed by atoms with E-state index in [0.29, 0.717) is 0 Å². The van der Waals surface area contributed by atoms with E-state index in [4.69, 9.17) is 0 Å². The molecule has 20 heavy (non-hydrogen) atoms. The van der Waals surface area contributed by atoms with E-state index in [2.05, 4.69) is 29.8 Å². The molecule has 1 heterocycles. The summed E-state index contributed by atoms with van der Waals surface area (Å²) in [5.74, 6) is 0. The number of rotatable bonds is 6. The molecule has 0 spiro atoms. The van der Waals surface area contributed by atoms with Crippen molar-refractivity contribution in [1.82, 2.24) is 4.90 Å². The average molecular weight is 289 g/mol. The van der Waals surface area contributed by atoms with Crippen molar-refractivity contribution >= 4 is 22.7 Å². The molecule has 0 saturated carbocycles. The second-order valence-electron chi connectivity index (χ2n) is 5.28. The predicted octanol–water partition coefficient (Wildman–Crippen LogP) is 4.28. The molecule has 1 aromatic heterocycles. The Labute approximate surface area is 125 Å². The third kappa shape index (κ3) is 3.40. The van der Waals surface area contributed by atoms with E-state index in [0.717, 1.165) is 49.3 Å². The summed E-state index contributed by atoms with van der Waals surface area (Å²) in [6.07, 6.45) is 8.82. The van der Waals surface area contributed by atoms with Crippen molar-refractivity contribution in [3.05, 3.63) is 16.0 Å². The Morgan fingerprint density at radius 2 is 1.95 bits per heavy atom. The number of thiophene rings is 1. The third-order valence-corrected chi connectivity index (χ3v) is 4.82. The lowest BCUT2D eigenvalue weighted by Crippen LogP contribution is -2.23. The Kier molecular flexibility index (Phi) is 5.60. The molecule has 0 N–H and O–H groups in total. The van der Waals surface area contributed by atoms with E-state index in [1.807, 2.05) is 6.34 Å². The SMILES string of the molecule is CCCN(C=Nc1sc2c(c1C#N)CCCC2)CCC. The van der Waals surface area contributed by atoms with Gasteiger partial charge >= 0.3 is 0 Å². The molecular weight excluding hydrogens is 266 g/mol. The second-order valence-corrected chi connectivity index (χ2v) is 6.37. The molecule has 0 saturated heterocycles. The summed E-state index contributed by atoms with van der Waals surface area (Å²) >= 11 is 1.72. The van der Waals surface area contributed by atoms with Gasteiger partial charge in [0.25, 0.3) is 0 Å². The third-order valence-electron chi connectivity index (χ3n) is 3.62. The van der Waals surface area contributed by atoms with Crippen LogP contribution in [-0.2, 0) is 12.8 Å². The van der Waals surface area contributed by atoms with Gasteiger partial charge in [0.2, 0.25) is 0 Å². The quantitative estimate of drug-likeness (QED) is 0.579. The molecular formula is C16H23N3S. The second kappa shape index (κ2) is 7.44. The molecule has 0 fully saturated rings. The summed E-state index contributed by atoms with van der Waals surface area (Å²) in [6.45, 7) is 6.43. The highest BCUT2D eigenvalue weighted by atomic mass is 32.1. The lowest BCUT2D eigenvalue weighted by molar-refractivity contribution is 0.429. The standard InChI is InChI=1S/C16H23N3S/c1-3-9-19(10-4-2)12-18-16-14(11-17)13-7-5-6-8-15(13)20-16/h12H,3-10H2,1-2H3. The monoisotopic (exact) mass is 289 g/mol. The number of nitrogens with zero attached hydrogens (tertiary/aromatic N) is 3. The minimum atomic E-state index is 0.828. The maximum absolute atomic E-state index is 9.40. The van der Waals surface area contributed by atoms with Gasteiger partial charge in [-0.2, -0.15) is 5.26 Å².